The molecule has 3 rings (SSSR count). The molecule has 2 N–H and O–H groups in total. The maximum atomic E-state index is 13.4. The van der Waals surface area contributed by atoms with Crippen LogP contribution in [0.2, 0.25) is 0 Å². The monoisotopic (exact) mass is 520 g/mol. The minimum atomic E-state index is -3.95. The molecule has 0 aliphatic carbocycles. The molecule has 14 heteroatoms. The molecule has 1 saturated heterocycles. The SMILES string of the molecule is COc1cccc(C(=O)N2CCN(S(C)(=O)=O)C2C(=O)NC(CC(=O)O)c2cccc([N+](=O)[O-])c2)c1. The Hall–Kier alpha value is -4.04. The Morgan fingerprint density at radius 1 is 1.19 bits per heavy atom. The Balaban J connectivity index is 1.97. The number of nitro benzene ring substituents is 1. The van der Waals surface area contributed by atoms with Gasteiger partial charge in [-0.3, -0.25) is 24.5 Å². The number of carboxylic acids is 1. The van der Waals surface area contributed by atoms with Crippen LogP contribution in [0, 0.1) is 10.1 Å². The second-order valence-electron chi connectivity index (χ2n) is 7.99. The Morgan fingerprint density at radius 2 is 1.89 bits per heavy atom. The second kappa shape index (κ2) is 10.7. The number of hydrogen-bond donors (Lipinski definition) is 2. The van der Waals surface area contributed by atoms with Gasteiger partial charge in [0, 0.05) is 30.8 Å². The largest absolute Gasteiger partial charge is 0.497 e. The van der Waals surface area contributed by atoms with E-state index in [1.54, 1.807) is 12.1 Å². The molecule has 0 saturated carbocycles. The number of aliphatic carboxylic acids is 1. The fourth-order valence-corrected chi connectivity index (χ4v) is 4.87. The molecular formula is C22H24N4O9S. The summed E-state index contributed by atoms with van der Waals surface area (Å²) in [5.74, 6) is -2.51. The quantitative estimate of drug-likeness (QED) is 0.360. The van der Waals surface area contributed by atoms with E-state index in [1.165, 1.54) is 37.4 Å². The van der Waals surface area contributed by atoms with Gasteiger partial charge in [-0.1, -0.05) is 18.2 Å². The second-order valence-corrected chi connectivity index (χ2v) is 9.92. The van der Waals surface area contributed by atoms with Crippen molar-refractivity contribution in [1.82, 2.24) is 14.5 Å². The molecular weight excluding hydrogens is 496 g/mol. The van der Waals surface area contributed by atoms with Gasteiger partial charge in [0.2, 0.25) is 10.0 Å². The average molecular weight is 521 g/mol. The minimum Gasteiger partial charge on any atom is -0.497 e. The van der Waals surface area contributed by atoms with E-state index in [0.717, 1.165) is 21.5 Å². The van der Waals surface area contributed by atoms with Crippen LogP contribution in [0.25, 0.3) is 0 Å². The van der Waals surface area contributed by atoms with Crippen molar-refractivity contribution in [3.05, 3.63) is 69.8 Å². The molecule has 2 aromatic carbocycles. The number of nitro groups is 1. The summed E-state index contributed by atoms with van der Waals surface area (Å²) < 4.78 is 30.8. The van der Waals surface area contributed by atoms with E-state index in [4.69, 9.17) is 4.74 Å². The predicted octanol–water partition coefficient (Wildman–Crippen LogP) is 0.979. The summed E-state index contributed by atoms with van der Waals surface area (Å²) >= 11 is 0. The number of methoxy groups -OCH3 is 1. The molecule has 1 aliphatic rings. The van der Waals surface area contributed by atoms with E-state index in [9.17, 15) is 38.0 Å². The number of carbonyl (C=O) groups excluding carboxylic acids is 2. The van der Waals surface area contributed by atoms with Crippen molar-refractivity contribution in [3.63, 3.8) is 0 Å². The Kier molecular flexibility index (Phi) is 7.90. The molecule has 0 bridgehead atoms. The van der Waals surface area contributed by atoms with E-state index >= 15 is 0 Å². The first-order valence-corrected chi connectivity index (χ1v) is 12.5. The van der Waals surface area contributed by atoms with Gasteiger partial charge in [-0.25, -0.2) is 8.42 Å². The maximum Gasteiger partial charge on any atom is 0.305 e. The van der Waals surface area contributed by atoms with Crippen molar-refractivity contribution in [2.24, 2.45) is 0 Å². The minimum absolute atomic E-state index is 0.0956. The van der Waals surface area contributed by atoms with E-state index in [1.807, 2.05) is 0 Å². The zero-order chi connectivity index (χ0) is 26.6. The van der Waals surface area contributed by atoms with Crippen LogP contribution in [0.3, 0.4) is 0 Å². The highest BCUT2D eigenvalue weighted by atomic mass is 32.2. The van der Waals surface area contributed by atoms with Crippen molar-refractivity contribution in [2.75, 3.05) is 26.5 Å². The number of carbonyl (C=O) groups is 3. The number of amides is 2. The lowest BCUT2D eigenvalue weighted by Gasteiger charge is -2.29. The number of carboxylic acid groups (broad SMARTS) is 1. The van der Waals surface area contributed by atoms with Gasteiger partial charge in [0.15, 0.2) is 6.17 Å². The standard InChI is InChI=1S/C22H24N4O9S/c1-35-17-8-4-6-15(12-17)22(30)24-9-10-25(36(2,33)34)21(24)20(29)23-18(13-19(27)28)14-5-3-7-16(11-14)26(31)32/h3-8,11-12,18,21H,9-10,13H2,1-2H3,(H,23,29)(H,27,28). The zero-order valence-electron chi connectivity index (χ0n) is 19.4. The molecule has 1 fully saturated rings. The number of rotatable bonds is 9. The van der Waals surface area contributed by atoms with Crippen LogP contribution >= 0.6 is 0 Å². The molecule has 1 heterocycles. The third-order valence-corrected chi connectivity index (χ3v) is 6.78. The first-order valence-electron chi connectivity index (χ1n) is 10.6. The lowest BCUT2D eigenvalue weighted by molar-refractivity contribution is -0.384. The van der Waals surface area contributed by atoms with Crippen LogP contribution in [0.1, 0.15) is 28.4 Å². The number of non-ortho nitro benzene ring substituents is 1. The molecule has 36 heavy (non-hydrogen) atoms. The highest BCUT2D eigenvalue weighted by molar-refractivity contribution is 7.88. The molecule has 2 unspecified atom stereocenters. The molecule has 13 nitrogen and oxygen atoms in total. The topological polar surface area (TPSA) is 176 Å². The number of hydrogen-bond acceptors (Lipinski definition) is 8. The summed E-state index contributed by atoms with van der Waals surface area (Å²) in [5.41, 5.74) is -0.0246. The highest BCUT2D eigenvalue weighted by Gasteiger charge is 2.45. The van der Waals surface area contributed by atoms with Gasteiger partial charge < -0.3 is 20.1 Å². The number of ether oxygens (including phenoxy) is 1. The fraction of sp³-hybridized carbons (Fsp3) is 0.318. The van der Waals surface area contributed by atoms with Crippen LogP contribution in [0.4, 0.5) is 5.69 Å². The molecule has 192 valence electrons. The first kappa shape index (κ1) is 26.6. The van der Waals surface area contributed by atoms with Gasteiger partial charge in [-0.15, -0.1) is 0 Å². The molecule has 2 atom stereocenters. The number of sulfonamides is 1. The van der Waals surface area contributed by atoms with E-state index in [0.29, 0.717) is 5.75 Å². The summed E-state index contributed by atoms with van der Waals surface area (Å²) in [7, 11) is -2.54. The van der Waals surface area contributed by atoms with E-state index in [2.05, 4.69) is 5.32 Å². The molecule has 2 aromatic rings. The fourth-order valence-electron chi connectivity index (χ4n) is 3.89. The summed E-state index contributed by atoms with van der Waals surface area (Å²) in [6, 6.07) is 9.95. The Bertz CT molecular complexity index is 1300. The van der Waals surface area contributed by atoms with Crippen molar-refractivity contribution in [1.29, 1.82) is 0 Å². The molecule has 2 amide bonds. The number of benzene rings is 2. The van der Waals surface area contributed by atoms with Gasteiger partial charge in [0.05, 0.1) is 30.8 Å². The summed E-state index contributed by atoms with van der Waals surface area (Å²) in [4.78, 5) is 49.7. The average Bonchev–Trinajstić information content (AvgIpc) is 3.29. The van der Waals surface area contributed by atoms with Crippen molar-refractivity contribution >= 4 is 33.5 Å². The van der Waals surface area contributed by atoms with E-state index in [-0.39, 0.29) is 29.9 Å². The molecule has 0 radical (unpaired) electrons. The lowest BCUT2D eigenvalue weighted by Crippen LogP contribution is -2.54. The smallest absolute Gasteiger partial charge is 0.305 e. The van der Waals surface area contributed by atoms with Crippen molar-refractivity contribution in [2.45, 2.75) is 18.6 Å². The summed E-state index contributed by atoms with van der Waals surface area (Å²) in [5, 5.41) is 23.0. The van der Waals surface area contributed by atoms with Crippen LogP contribution in [0.15, 0.2) is 48.5 Å². The summed E-state index contributed by atoms with van der Waals surface area (Å²) in [6.07, 6.45) is -1.35. The van der Waals surface area contributed by atoms with Crippen molar-refractivity contribution in [3.8, 4) is 5.75 Å². The molecule has 0 aromatic heterocycles. The zero-order valence-corrected chi connectivity index (χ0v) is 20.2. The van der Waals surface area contributed by atoms with Gasteiger partial charge in [0.25, 0.3) is 17.5 Å². The van der Waals surface area contributed by atoms with Crippen LogP contribution < -0.4 is 10.1 Å². The molecule has 1 aliphatic heterocycles. The van der Waals surface area contributed by atoms with Gasteiger partial charge in [0.1, 0.15) is 5.75 Å². The third-order valence-electron chi connectivity index (χ3n) is 5.55. The Labute approximate surface area is 206 Å². The summed E-state index contributed by atoms with van der Waals surface area (Å²) in [6.45, 7) is -0.255. The van der Waals surface area contributed by atoms with Gasteiger partial charge >= 0.3 is 5.97 Å². The van der Waals surface area contributed by atoms with Crippen molar-refractivity contribution < 1.29 is 37.6 Å². The maximum absolute atomic E-state index is 13.4. The van der Waals surface area contributed by atoms with E-state index < -0.39 is 51.4 Å². The normalized spacial score (nSPS) is 16.8. The van der Waals surface area contributed by atoms with Crippen LogP contribution in [-0.2, 0) is 19.6 Å². The molecule has 0 spiro atoms. The van der Waals surface area contributed by atoms with Gasteiger partial charge in [-0.05, 0) is 23.8 Å². The third kappa shape index (κ3) is 5.95. The van der Waals surface area contributed by atoms with Crippen LogP contribution in [0.5, 0.6) is 5.75 Å². The number of nitrogens with one attached hydrogen (secondary N) is 1. The predicted molar refractivity (Wildman–Crippen MR) is 126 cm³/mol. The lowest BCUT2D eigenvalue weighted by atomic mass is 10.0. The highest BCUT2D eigenvalue weighted by Crippen LogP contribution is 2.26. The Morgan fingerprint density at radius 3 is 2.50 bits per heavy atom. The van der Waals surface area contributed by atoms with Crippen LogP contribution in [-0.4, -0.2) is 78.1 Å². The van der Waals surface area contributed by atoms with Gasteiger partial charge in [-0.2, -0.15) is 4.31 Å². The number of nitrogens with zero attached hydrogens (tertiary/aromatic N) is 3. The first-order chi connectivity index (χ1) is 16.9.